The maximum atomic E-state index is 13.9. The number of hydrogen-bond donors (Lipinski definition) is 1. The molecular weight excluding hydrogens is 384 g/mol. The lowest BCUT2D eigenvalue weighted by Crippen LogP contribution is -2.39. The third-order valence-electron chi connectivity index (χ3n) is 6.60. The van der Waals surface area contributed by atoms with Crippen LogP contribution in [0.15, 0.2) is 30.5 Å². The number of nitrogens with one attached hydrogen (secondary N) is 1. The lowest BCUT2D eigenvalue weighted by molar-refractivity contribution is 0.0926. The predicted molar refractivity (Wildman–Crippen MR) is 112 cm³/mol. The molecule has 1 atom stereocenters. The smallest absolute Gasteiger partial charge is 0.253 e. The van der Waals surface area contributed by atoms with Gasteiger partial charge < -0.3 is 10.2 Å². The van der Waals surface area contributed by atoms with Crippen molar-refractivity contribution in [2.75, 3.05) is 18.0 Å². The number of rotatable bonds is 6. The quantitative estimate of drug-likeness (QED) is 0.743. The van der Waals surface area contributed by atoms with Gasteiger partial charge in [0.05, 0.1) is 16.9 Å². The van der Waals surface area contributed by atoms with E-state index in [0.29, 0.717) is 40.3 Å². The van der Waals surface area contributed by atoms with E-state index in [9.17, 15) is 13.6 Å². The Balaban J connectivity index is 1.55. The predicted octanol–water partition coefficient (Wildman–Crippen LogP) is 4.79. The first-order chi connectivity index (χ1) is 14.5. The fourth-order valence-corrected chi connectivity index (χ4v) is 4.76. The molecule has 6 heteroatoms. The number of halogens is 2. The van der Waals surface area contributed by atoms with Gasteiger partial charge >= 0.3 is 0 Å². The Labute approximate surface area is 175 Å². The molecule has 1 unspecified atom stereocenters. The topological polar surface area (TPSA) is 45.2 Å². The van der Waals surface area contributed by atoms with E-state index in [0.717, 1.165) is 25.6 Å². The number of nitrogens with zero attached hydrogens (tertiary/aromatic N) is 2. The Morgan fingerprint density at radius 2 is 1.77 bits per heavy atom. The van der Waals surface area contributed by atoms with E-state index in [2.05, 4.69) is 22.1 Å². The molecule has 2 aliphatic carbocycles. The van der Waals surface area contributed by atoms with Crippen LogP contribution in [0.25, 0.3) is 11.3 Å². The fourth-order valence-electron chi connectivity index (χ4n) is 4.76. The summed E-state index contributed by atoms with van der Waals surface area (Å²) in [5, 5.41) is 3.29. The van der Waals surface area contributed by atoms with E-state index in [1.165, 1.54) is 37.8 Å². The van der Waals surface area contributed by atoms with Crippen LogP contribution in [0.5, 0.6) is 0 Å². The highest BCUT2D eigenvalue weighted by Gasteiger charge is 2.42. The van der Waals surface area contributed by atoms with Gasteiger partial charge in [-0.05, 0) is 68.1 Å². The molecule has 1 saturated heterocycles. The molecule has 5 rings (SSSR count). The van der Waals surface area contributed by atoms with Gasteiger partial charge in [-0.15, -0.1) is 0 Å². The minimum absolute atomic E-state index is 0.103. The fraction of sp³-hybridized carbons (Fsp3) is 0.500. The van der Waals surface area contributed by atoms with Gasteiger partial charge in [0.1, 0.15) is 11.6 Å². The summed E-state index contributed by atoms with van der Waals surface area (Å²) in [6, 6.07) is 5.41. The standard InChI is InChI=1S/C24H27F2N3O/c1-14-7-9-29(13-14)23-20(24(30)28-21(15-2-3-15)16-4-5-16)6-8-27-22(23)17-10-18(25)12-19(26)11-17/h6,8,10-12,14-16,21H,2-5,7,9,13H2,1H3,(H,28,30). The molecule has 1 N–H and O–H groups in total. The molecular formula is C24H27F2N3O. The molecule has 1 aromatic carbocycles. The number of hydrogen-bond acceptors (Lipinski definition) is 3. The average molecular weight is 411 g/mol. The average Bonchev–Trinajstić information content (AvgIpc) is 3.64. The zero-order valence-corrected chi connectivity index (χ0v) is 17.2. The number of aromatic nitrogens is 1. The number of carbonyl (C=O) groups excluding carboxylic acids is 1. The SMILES string of the molecule is CC1CCN(c2c(C(=O)NC(C3CC3)C3CC3)ccnc2-c2cc(F)cc(F)c2)C1. The van der Waals surface area contributed by atoms with Crippen molar-refractivity contribution in [3.63, 3.8) is 0 Å². The molecule has 4 nitrogen and oxygen atoms in total. The molecule has 0 spiro atoms. The van der Waals surface area contributed by atoms with Crippen LogP contribution in [0.2, 0.25) is 0 Å². The molecule has 1 amide bonds. The van der Waals surface area contributed by atoms with Crippen LogP contribution in [0.3, 0.4) is 0 Å². The first-order valence-corrected chi connectivity index (χ1v) is 11.0. The van der Waals surface area contributed by atoms with Crippen LogP contribution in [-0.2, 0) is 0 Å². The highest BCUT2D eigenvalue weighted by atomic mass is 19.1. The van der Waals surface area contributed by atoms with Gasteiger partial charge in [0, 0.05) is 37.0 Å². The Morgan fingerprint density at radius 1 is 1.10 bits per heavy atom. The number of anilines is 1. The van der Waals surface area contributed by atoms with Gasteiger partial charge in [0.2, 0.25) is 0 Å². The largest absolute Gasteiger partial charge is 0.369 e. The summed E-state index contributed by atoms with van der Waals surface area (Å²) in [5.41, 5.74) is 2.06. The normalized spacial score (nSPS) is 21.3. The first kappa shape index (κ1) is 19.5. The molecule has 3 aliphatic rings. The molecule has 2 aromatic rings. The minimum Gasteiger partial charge on any atom is -0.369 e. The second-order valence-electron chi connectivity index (χ2n) is 9.23. The van der Waals surface area contributed by atoms with Crippen LogP contribution in [0, 0.1) is 29.4 Å². The van der Waals surface area contributed by atoms with E-state index >= 15 is 0 Å². The molecule has 2 saturated carbocycles. The van der Waals surface area contributed by atoms with Gasteiger partial charge in [-0.25, -0.2) is 8.78 Å². The summed E-state index contributed by atoms with van der Waals surface area (Å²) in [6.45, 7) is 3.77. The summed E-state index contributed by atoms with van der Waals surface area (Å²) >= 11 is 0. The number of pyridine rings is 1. The van der Waals surface area contributed by atoms with E-state index < -0.39 is 11.6 Å². The van der Waals surface area contributed by atoms with Crippen LogP contribution in [0.1, 0.15) is 49.4 Å². The summed E-state index contributed by atoms with van der Waals surface area (Å²) in [7, 11) is 0. The zero-order chi connectivity index (χ0) is 20.8. The van der Waals surface area contributed by atoms with Crippen molar-refractivity contribution >= 4 is 11.6 Å². The number of carbonyl (C=O) groups is 1. The summed E-state index contributed by atoms with van der Waals surface area (Å²) in [5.74, 6) is 0.276. The van der Waals surface area contributed by atoms with Crippen molar-refractivity contribution in [1.82, 2.24) is 10.3 Å². The Kier molecular flexibility index (Phi) is 4.95. The van der Waals surface area contributed by atoms with Crippen molar-refractivity contribution in [3.05, 3.63) is 47.7 Å². The second-order valence-corrected chi connectivity index (χ2v) is 9.23. The van der Waals surface area contributed by atoms with E-state index in [-0.39, 0.29) is 11.9 Å². The maximum Gasteiger partial charge on any atom is 0.253 e. The molecule has 1 aliphatic heterocycles. The van der Waals surface area contributed by atoms with Crippen LogP contribution in [0.4, 0.5) is 14.5 Å². The summed E-state index contributed by atoms with van der Waals surface area (Å²) in [4.78, 5) is 20.0. The molecule has 0 radical (unpaired) electrons. The molecule has 1 aromatic heterocycles. The van der Waals surface area contributed by atoms with Gasteiger partial charge in [-0.3, -0.25) is 9.78 Å². The van der Waals surface area contributed by atoms with Crippen molar-refractivity contribution in [2.24, 2.45) is 17.8 Å². The molecule has 0 bridgehead atoms. The minimum atomic E-state index is -0.648. The lowest BCUT2D eigenvalue weighted by atomic mass is 10.0. The molecule has 30 heavy (non-hydrogen) atoms. The second kappa shape index (κ2) is 7.64. The third kappa shape index (κ3) is 3.92. The van der Waals surface area contributed by atoms with E-state index in [1.54, 1.807) is 12.3 Å². The van der Waals surface area contributed by atoms with Gasteiger partial charge in [-0.1, -0.05) is 6.92 Å². The number of amides is 1. The van der Waals surface area contributed by atoms with E-state index in [4.69, 9.17) is 0 Å². The van der Waals surface area contributed by atoms with Crippen molar-refractivity contribution in [3.8, 4) is 11.3 Å². The van der Waals surface area contributed by atoms with Crippen molar-refractivity contribution < 1.29 is 13.6 Å². The van der Waals surface area contributed by atoms with Crippen LogP contribution < -0.4 is 10.2 Å². The Bertz CT molecular complexity index is 939. The molecule has 2 heterocycles. The van der Waals surface area contributed by atoms with Gasteiger partial charge in [0.25, 0.3) is 5.91 Å². The Hall–Kier alpha value is -2.50. The first-order valence-electron chi connectivity index (χ1n) is 11.0. The van der Waals surface area contributed by atoms with E-state index in [1.807, 2.05) is 0 Å². The van der Waals surface area contributed by atoms with Gasteiger partial charge in [-0.2, -0.15) is 0 Å². The maximum absolute atomic E-state index is 13.9. The Morgan fingerprint density at radius 3 is 2.33 bits per heavy atom. The monoisotopic (exact) mass is 411 g/mol. The highest BCUT2D eigenvalue weighted by Crippen LogP contribution is 2.45. The van der Waals surface area contributed by atoms with Crippen molar-refractivity contribution in [1.29, 1.82) is 0 Å². The molecule has 3 fully saturated rings. The third-order valence-corrected chi connectivity index (χ3v) is 6.60. The zero-order valence-electron chi connectivity index (χ0n) is 17.2. The molecule has 158 valence electrons. The van der Waals surface area contributed by atoms with Crippen molar-refractivity contribution in [2.45, 2.75) is 45.1 Å². The van der Waals surface area contributed by atoms with Gasteiger partial charge in [0.15, 0.2) is 0 Å². The number of benzene rings is 1. The lowest BCUT2D eigenvalue weighted by Gasteiger charge is -2.26. The summed E-state index contributed by atoms with van der Waals surface area (Å²) in [6.07, 6.45) is 7.31. The van der Waals surface area contributed by atoms with Crippen LogP contribution >= 0.6 is 0 Å². The van der Waals surface area contributed by atoms with Crippen LogP contribution in [-0.4, -0.2) is 30.0 Å². The highest BCUT2D eigenvalue weighted by molar-refractivity contribution is 6.03. The summed E-state index contributed by atoms with van der Waals surface area (Å²) < 4.78 is 27.9.